The maximum Gasteiger partial charge on any atom is 0.234 e. The van der Waals surface area contributed by atoms with E-state index in [0.29, 0.717) is 23.3 Å². The summed E-state index contributed by atoms with van der Waals surface area (Å²) >= 11 is 2.96. The van der Waals surface area contributed by atoms with Crippen LogP contribution in [0.25, 0.3) is 11.6 Å². The van der Waals surface area contributed by atoms with Gasteiger partial charge in [0.25, 0.3) is 0 Å². The molecule has 0 aliphatic carbocycles. The number of benzene rings is 1. The van der Waals surface area contributed by atoms with Gasteiger partial charge >= 0.3 is 0 Å². The van der Waals surface area contributed by atoms with E-state index in [0.717, 1.165) is 10.6 Å². The third kappa shape index (κ3) is 4.08. The standard InChI is InChI=1S/C17H18N4O2S2/c1-3-21-16(13-8-6-10-23-13)19-20-17(21)25-11-15(22)18-12-7-4-5-9-14(12)24-2/h4-10H,3,11H2,1-2H3,(H,18,22). The van der Waals surface area contributed by atoms with Gasteiger partial charge in [-0.1, -0.05) is 23.9 Å². The molecule has 0 bridgehead atoms. The van der Waals surface area contributed by atoms with Crippen LogP contribution in [0.2, 0.25) is 0 Å². The Morgan fingerprint density at radius 3 is 2.80 bits per heavy atom. The quantitative estimate of drug-likeness (QED) is 0.630. The number of amides is 1. The fourth-order valence-corrected chi connectivity index (χ4v) is 3.69. The molecule has 2 heterocycles. The topological polar surface area (TPSA) is 73.0 Å². The zero-order valence-electron chi connectivity index (χ0n) is 13.9. The molecular formula is C17H18N4O2S2. The number of nitrogens with one attached hydrogen (secondary N) is 1. The minimum atomic E-state index is -0.0725. The highest BCUT2D eigenvalue weighted by molar-refractivity contribution is 7.99. The predicted molar refractivity (Wildman–Crippen MR) is 101 cm³/mol. The van der Waals surface area contributed by atoms with E-state index in [1.165, 1.54) is 11.8 Å². The summed E-state index contributed by atoms with van der Waals surface area (Å²) in [5.41, 5.74) is 0.828. The summed E-state index contributed by atoms with van der Waals surface area (Å²) in [6.45, 7) is 2.71. The molecule has 0 aliphatic rings. The van der Waals surface area contributed by atoms with Gasteiger partial charge in [-0.05, 0) is 37.4 Å². The lowest BCUT2D eigenvalue weighted by molar-refractivity contribution is -0.113. The Bertz CT molecular complexity index is 846. The van der Waals surface area contributed by atoms with Crippen molar-refractivity contribution < 1.29 is 9.21 Å². The summed E-state index contributed by atoms with van der Waals surface area (Å²) in [5, 5.41) is 12.0. The first-order valence-corrected chi connectivity index (χ1v) is 9.96. The van der Waals surface area contributed by atoms with Gasteiger partial charge in [0.1, 0.15) is 0 Å². The second-order valence-electron chi connectivity index (χ2n) is 5.06. The first kappa shape index (κ1) is 17.6. The van der Waals surface area contributed by atoms with E-state index in [9.17, 15) is 4.79 Å². The van der Waals surface area contributed by atoms with Gasteiger partial charge in [-0.15, -0.1) is 22.0 Å². The van der Waals surface area contributed by atoms with Crippen LogP contribution in [-0.4, -0.2) is 32.7 Å². The number of furan rings is 1. The van der Waals surface area contributed by atoms with Crippen molar-refractivity contribution in [1.82, 2.24) is 14.8 Å². The Hall–Kier alpha value is -2.19. The fourth-order valence-electron chi connectivity index (χ4n) is 2.33. The summed E-state index contributed by atoms with van der Waals surface area (Å²) in [6, 6.07) is 11.4. The minimum absolute atomic E-state index is 0.0725. The zero-order valence-corrected chi connectivity index (χ0v) is 15.6. The third-order valence-corrected chi connectivity index (χ3v) is 5.25. The number of carbonyl (C=O) groups excluding carboxylic acids is 1. The van der Waals surface area contributed by atoms with Gasteiger partial charge in [-0.2, -0.15) is 0 Å². The molecule has 3 rings (SSSR count). The second kappa shape index (κ2) is 8.26. The molecule has 2 aromatic heterocycles. The van der Waals surface area contributed by atoms with E-state index < -0.39 is 0 Å². The maximum absolute atomic E-state index is 12.3. The monoisotopic (exact) mass is 374 g/mol. The Balaban J connectivity index is 1.66. The van der Waals surface area contributed by atoms with Gasteiger partial charge in [0.15, 0.2) is 16.7 Å². The second-order valence-corrected chi connectivity index (χ2v) is 6.86. The Morgan fingerprint density at radius 1 is 1.24 bits per heavy atom. The molecule has 3 aromatic rings. The fraction of sp³-hybridized carbons (Fsp3) is 0.235. The summed E-state index contributed by atoms with van der Waals surface area (Å²) in [7, 11) is 0. The first-order valence-electron chi connectivity index (χ1n) is 7.75. The van der Waals surface area contributed by atoms with Crippen LogP contribution in [0.15, 0.2) is 57.1 Å². The normalized spacial score (nSPS) is 10.8. The minimum Gasteiger partial charge on any atom is -0.461 e. The molecule has 130 valence electrons. The van der Waals surface area contributed by atoms with Crippen LogP contribution in [0.5, 0.6) is 0 Å². The number of thioether (sulfide) groups is 2. The van der Waals surface area contributed by atoms with Gasteiger partial charge in [0.2, 0.25) is 5.91 Å². The van der Waals surface area contributed by atoms with E-state index in [-0.39, 0.29) is 11.7 Å². The molecule has 0 unspecified atom stereocenters. The molecule has 0 atom stereocenters. The molecule has 1 amide bonds. The van der Waals surface area contributed by atoms with Crippen LogP contribution in [-0.2, 0) is 11.3 Å². The third-order valence-electron chi connectivity index (χ3n) is 3.49. The molecule has 25 heavy (non-hydrogen) atoms. The van der Waals surface area contributed by atoms with Crippen LogP contribution in [0, 0.1) is 0 Å². The number of nitrogens with zero attached hydrogens (tertiary/aromatic N) is 3. The number of carbonyl (C=O) groups is 1. The molecule has 0 saturated carbocycles. The number of hydrogen-bond donors (Lipinski definition) is 1. The molecule has 8 heteroatoms. The Morgan fingerprint density at radius 2 is 2.08 bits per heavy atom. The molecule has 1 aromatic carbocycles. The van der Waals surface area contributed by atoms with Gasteiger partial charge < -0.3 is 9.73 Å². The number of para-hydroxylation sites is 1. The highest BCUT2D eigenvalue weighted by Gasteiger charge is 2.16. The first-order chi connectivity index (χ1) is 12.2. The summed E-state index contributed by atoms with van der Waals surface area (Å²) in [5.74, 6) is 1.53. The van der Waals surface area contributed by atoms with E-state index >= 15 is 0 Å². The largest absolute Gasteiger partial charge is 0.461 e. The van der Waals surface area contributed by atoms with Crippen molar-refractivity contribution in [3.8, 4) is 11.6 Å². The molecule has 0 saturated heterocycles. The molecule has 1 N–H and O–H groups in total. The van der Waals surface area contributed by atoms with Gasteiger partial charge in [-0.3, -0.25) is 9.36 Å². The lowest BCUT2D eigenvalue weighted by Crippen LogP contribution is -2.15. The van der Waals surface area contributed by atoms with Crippen molar-refractivity contribution in [2.24, 2.45) is 0 Å². The molecule has 0 radical (unpaired) electrons. The van der Waals surface area contributed by atoms with Crippen LogP contribution >= 0.6 is 23.5 Å². The molecule has 0 fully saturated rings. The summed E-state index contributed by atoms with van der Waals surface area (Å²) in [6.07, 6.45) is 3.59. The average Bonchev–Trinajstić information content (AvgIpc) is 3.29. The highest BCUT2D eigenvalue weighted by atomic mass is 32.2. The summed E-state index contributed by atoms with van der Waals surface area (Å²) < 4.78 is 7.33. The van der Waals surface area contributed by atoms with Crippen molar-refractivity contribution in [1.29, 1.82) is 0 Å². The molecule has 0 spiro atoms. The number of anilines is 1. The van der Waals surface area contributed by atoms with Crippen molar-refractivity contribution in [2.75, 3.05) is 17.3 Å². The smallest absolute Gasteiger partial charge is 0.234 e. The van der Waals surface area contributed by atoms with Gasteiger partial charge in [0.05, 0.1) is 17.7 Å². The summed E-state index contributed by atoms with van der Waals surface area (Å²) in [4.78, 5) is 13.3. The lowest BCUT2D eigenvalue weighted by atomic mass is 10.3. The maximum atomic E-state index is 12.3. The number of aromatic nitrogens is 3. The average molecular weight is 374 g/mol. The van der Waals surface area contributed by atoms with Gasteiger partial charge in [0, 0.05) is 11.4 Å². The molecule has 6 nitrogen and oxygen atoms in total. The Kier molecular flexibility index (Phi) is 5.83. The van der Waals surface area contributed by atoms with E-state index in [1.807, 2.05) is 54.1 Å². The van der Waals surface area contributed by atoms with Crippen molar-refractivity contribution in [2.45, 2.75) is 23.5 Å². The van der Waals surface area contributed by atoms with Crippen molar-refractivity contribution >= 4 is 35.1 Å². The SMILES string of the molecule is CCn1c(SCC(=O)Nc2ccccc2SC)nnc1-c1ccco1. The number of rotatable bonds is 7. The van der Waals surface area contributed by atoms with Crippen LogP contribution in [0.3, 0.4) is 0 Å². The lowest BCUT2D eigenvalue weighted by Gasteiger charge is -2.09. The predicted octanol–water partition coefficient (Wildman–Crippen LogP) is 4.01. The van der Waals surface area contributed by atoms with Gasteiger partial charge in [-0.25, -0.2) is 0 Å². The van der Waals surface area contributed by atoms with E-state index in [2.05, 4.69) is 15.5 Å². The Labute approximate surface area is 154 Å². The molecule has 0 aliphatic heterocycles. The van der Waals surface area contributed by atoms with Crippen molar-refractivity contribution in [3.63, 3.8) is 0 Å². The zero-order chi connectivity index (χ0) is 17.6. The van der Waals surface area contributed by atoms with Crippen LogP contribution < -0.4 is 5.32 Å². The van der Waals surface area contributed by atoms with Crippen molar-refractivity contribution in [3.05, 3.63) is 42.7 Å². The highest BCUT2D eigenvalue weighted by Crippen LogP contribution is 2.26. The number of hydrogen-bond acceptors (Lipinski definition) is 6. The van der Waals surface area contributed by atoms with Crippen LogP contribution in [0.1, 0.15) is 6.92 Å². The molecular weight excluding hydrogens is 356 g/mol. The van der Waals surface area contributed by atoms with E-state index in [1.54, 1.807) is 18.0 Å². The van der Waals surface area contributed by atoms with Crippen LogP contribution in [0.4, 0.5) is 5.69 Å². The van der Waals surface area contributed by atoms with E-state index in [4.69, 9.17) is 4.42 Å².